The number of halogens is 1. The molecule has 30 heavy (non-hydrogen) atoms. The molecule has 1 aliphatic carbocycles. The lowest BCUT2D eigenvalue weighted by Gasteiger charge is -2.43. The van der Waals surface area contributed by atoms with E-state index in [9.17, 15) is 4.79 Å². The lowest BCUT2D eigenvalue weighted by molar-refractivity contribution is -0.133. The summed E-state index contributed by atoms with van der Waals surface area (Å²) in [5, 5.41) is 0.686. The first kappa shape index (κ1) is 21.1. The van der Waals surface area contributed by atoms with E-state index in [4.69, 9.17) is 17.3 Å². The highest BCUT2D eigenvalue weighted by atomic mass is 35.5. The number of hydrogen-bond donors (Lipinski definition) is 1. The van der Waals surface area contributed by atoms with Gasteiger partial charge in [-0.15, -0.1) is 0 Å². The molecule has 0 unspecified atom stereocenters. The Kier molecular flexibility index (Phi) is 6.25. The zero-order chi connectivity index (χ0) is 21.3. The maximum Gasteiger partial charge on any atom is 0.239 e. The molecule has 6 nitrogen and oxygen atoms in total. The van der Waals surface area contributed by atoms with E-state index in [1.165, 1.54) is 11.3 Å². The Morgan fingerprint density at radius 2 is 2.03 bits per heavy atom. The second-order valence-corrected chi connectivity index (χ2v) is 8.91. The van der Waals surface area contributed by atoms with Crippen LogP contribution in [0.25, 0.3) is 0 Å². The Balaban J connectivity index is 1.45. The minimum atomic E-state index is -0.543. The Morgan fingerprint density at radius 1 is 1.27 bits per heavy atom. The number of aryl methyl sites for hydroxylation is 1. The Hall–Kier alpha value is -2.18. The maximum absolute atomic E-state index is 13.0. The molecular formula is C23H30ClN5O. The van der Waals surface area contributed by atoms with Crippen molar-refractivity contribution in [2.24, 2.45) is 5.73 Å². The molecule has 4 rings (SSSR count). The van der Waals surface area contributed by atoms with Crippen molar-refractivity contribution in [3.05, 3.63) is 52.4 Å². The van der Waals surface area contributed by atoms with Crippen LogP contribution in [-0.4, -0.2) is 52.5 Å². The van der Waals surface area contributed by atoms with Crippen LogP contribution in [0.3, 0.4) is 0 Å². The molecule has 1 saturated heterocycles. The molecule has 3 atom stereocenters. The lowest BCUT2D eigenvalue weighted by Crippen LogP contribution is -2.58. The van der Waals surface area contributed by atoms with Gasteiger partial charge in [-0.05, 0) is 49.3 Å². The van der Waals surface area contributed by atoms with Gasteiger partial charge in [0.2, 0.25) is 5.91 Å². The van der Waals surface area contributed by atoms with Crippen molar-refractivity contribution < 1.29 is 4.79 Å². The van der Waals surface area contributed by atoms with Gasteiger partial charge in [-0.1, -0.05) is 37.6 Å². The van der Waals surface area contributed by atoms with Crippen LogP contribution in [0.5, 0.6) is 0 Å². The second-order valence-electron chi connectivity index (χ2n) is 8.47. The predicted octanol–water partition coefficient (Wildman–Crippen LogP) is 3.18. The Morgan fingerprint density at radius 3 is 2.77 bits per heavy atom. The molecule has 1 amide bonds. The van der Waals surface area contributed by atoms with Crippen molar-refractivity contribution in [2.75, 3.05) is 24.5 Å². The van der Waals surface area contributed by atoms with Gasteiger partial charge in [0, 0.05) is 42.0 Å². The molecule has 2 aliphatic rings. The Labute approximate surface area is 183 Å². The summed E-state index contributed by atoms with van der Waals surface area (Å²) in [6.07, 6.45) is 5.32. The van der Waals surface area contributed by atoms with Crippen molar-refractivity contribution in [1.29, 1.82) is 0 Å². The van der Waals surface area contributed by atoms with E-state index in [1.54, 1.807) is 6.33 Å². The molecule has 7 heteroatoms. The number of carbonyl (C=O) groups excluding carboxylic acids is 1. The summed E-state index contributed by atoms with van der Waals surface area (Å²) >= 11 is 5.95. The minimum absolute atomic E-state index is 0.0179. The van der Waals surface area contributed by atoms with Gasteiger partial charge in [0.05, 0.1) is 6.04 Å². The summed E-state index contributed by atoms with van der Waals surface area (Å²) in [5.41, 5.74) is 9.80. The highest BCUT2D eigenvalue weighted by Crippen LogP contribution is 2.38. The number of anilines is 1. The number of nitrogens with two attached hydrogens (primary N) is 1. The summed E-state index contributed by atoms with van der Waals surface area (Å²) in [5.74, 6) is 1.57. The van der Waals surface area contributed by atoms with E-state index in [-0.39, 0.29) is 11.9 Å². The standard InChI is InChI=1S/C23H30ClN5O/c1-3-18-13-28(23(30)19(25)12-16-5-7-17(24)8-6-16)10-11-29(18)22-21-15(2)4-9-20(21)26-14-27-22/h5-8,14-15,18-19H,3-4,9-13,25H2,1-2H3/t15-,18+,19-/m1/s1. The van der Waals surface area contributed by atoms with E-state index in [0.29, 0.717) is 30.5 Å². The minimum Gasteiger partial charge on any atom is -0.350 e. The molecule has 0 spiro atoms. The van der Waals surface area contributed by atoms with Gasteiger partial charge in [-0.2, -0.15) is 0 Å². The number of rotatable bonds is 5. The first-order valence-corrected chi connectivity index (χ1v) is 11.2. The first-order valence-electron chi connectivity index (χ1n) is 10.9. The zero-order valence-corrected chi connectivity index (χ0v) is 18.5. The molecular weight excluding hydrogens is 398 g/mol. The van der Waals surface area contributed by atoms with Crippen LogP contribution >= 0.6 is 11.6 Å². The van der Waals surface area contributed by atoms with Gasteiger partial charge in [0.15, 0.2) is 0 Å². The monoisotopic (exact) mass is 427 g/mol. The van der Waals surface area contributed by atoms with Crippen molar-refractivity contribution in [3.63, 3.8) is 0 Å². The van der Waals surface area contributed by atoms with Crippen LogP contribution in [0.1, 0.15) is 49.4 Å². The van der Waals surface area contributed by atoms with Gasteiger partial charge < -0.3 is 15.5 Å². The summed E-state index contributed by atoms with van der Waals surface area (Å²) in [7, 11) is 0. The number of fused-ring (bicyclic) bond motifs is 1. The SMILES string of the molecule is CC[C@H]1CN(C(=O)[C@H](N)Cc2ccc(Cl)cc2)CCN1c1ncnc2c1[C@H](C)CC2. The molecule has 0 bridgehead atoms. The number of amides is 1. The number of hydrogen-bond acceptors (Lipinski definition) is 5. The lowest BCUT2D eigenvalue weighted by atomic mass is 10.0. The molecule has 1 aliphatic heterocycles. The van der Waals surface area contributed by atoms with Gasteiger partial charge >= 0.3 is 0 Å². The smallest absolute Gasteiger partial charge is 0.239 e. The maximum atomic E-state index is 13.0. The van der Waals surface area contributed by atoms with E-state index in [1.807, 2.05) is 29.2 Å². The van der Waals surface area contributed by atoms with Crippen molar-refractivity contribution in [3.8, 4) is 0 Å². The highest BCUT2D eigenvalue weighted by molar-refractivity contribution is 6.30. The summed E-state index contributed by atoms with van der Waals surface area (Å²) in [4.78, 5) is 26.5. The number of piperazine rings is 1. The molecule has 2 heterocycles. The van der Waals surface area contributed by atoms with Crippen molar-refractivity contribution in [1.82, 2.24) is 14.9 Å². The topological polar surface area (TPSA) is 75.3 Å². The number of aromatic nitrogens is 2. The van der Waals surface area contributed by atoms with Crippen molar-refractivity contribution in [2.45, 2.75) is 57.5 Å². The third kappa shape index (κ3) is 4.16. The molecule has 1 aromatic heterocycles. The largest absolute Gasteiger partial charge is 0.350 e. The third-order valence-corrected chi connectivity index (χ3v) is 6.73. The quantitative estimate of drug-likeness (QED) is 0.793. The van der Waals surface area contributed by atoms with E-state index in [2.05, 4.69) is 28.7 Å². The molecule has 2 aromatic rings. The van der Waals surface area contributed by atoms with Crippen LogP contribution in [0, 0.1) is 0 Å². The molecule has 160 valence electrons. The third-order valence-electron chi connectivity index (χ3n) is 6.48. The molecule has 2 N–H and O–H groups in total. The first-order chi connectivity index (χ1) is 14.5. The number of nitrogens with zero attached hydrogens (tertiary/aromatic N) is 4. The zero-order valence-electron chi connectivity index (χ0n) is 17.7. The van der Waals surface area contributed by atoms with Crippen LogP contribution in [0.4, 0.5) is 5.82 Å². The molecule has 1 fully saturated rings. The average Bonchev–Trinajstić information content (AvgIpc) is 3.15. The van der Waals surface area contributed by atoms with Crippen molar-refractivity contribution >= 4 is 23.3 Å². The van der Waals surface area contributed by atoms with Crippen LogP contribution in [0.15, 0.2) is 30.6 Å². The van der Waals surface area contributed by atoms with E-state index < -0.39 is 6.04 Å². The summed E-state index contributed by atoms with van der Waals surface area (Å²) in [6, 6.07) is 7.22. The Bertz CT molecular complexity index is 903. The second kappa shape index (κ2) is 8.90. The van der Waals surface area contributed by atoms with Gasteiger partial charge in [-0.25, -0.2) is 9.97 Å². The normalized spacial score (nSPS) is 22.1. The fourth-order valence-electron chi connectivity index (χ4n) is 4.73. The van der Waals surface area contributed by atoms with Crippen LogP contribution in [0.2, 0.25) is 5.02 Å². The van der Waals surface area contributed by atoms with E-state index in [0.717, 1.165) is 37.2 Å². The molecule has 0 saturated carbocycles. The van der Waals surface area contributed by atoms with Gasteiger partial charge in [0.1, 0.15) is 12.1 Å². The predicted molar refractivity (Wildman–Crippen MR) is 120 cm³/mol. The number of benzene rings is 1. The van der Waals surface area contributed by atoms with E-state index >= 15 is 0 Å². The molecule has 1 aromatic carbocycles. The summed E-state index contributed by atoms with van der Waals surface area (Å²) in [6.45, 7) is 6.54. The van der Waals surface area contributed by atoms with Crippen LogP contribution in [-0.2, 0) is 17.6 Å². The fourth-order valence-corrected chi connectivity index (χ4v) is 4.86. The van der Waals surface area contributed by atoms with Gasteiger partial charge in [-0.3, -0.25) is 4.79 Å². The number of carbonyl (C=O) groups is 1. The summed E-state index contributed by atoms with van der Waals surface area (Å²) < 4.78 is 0. The molecule has 0 radical (unpaired) electrons. The fraction of sp³-hybridized carbons (Fsp3) is 0.522. The average molecular weight is 428 g/mol. The highest BCUT2D eigenvalue weighted by Gasteiger charge is 2.34. The van der Waals surface area contributed by atoms with Gasteiger partial charge in [0.25, 0.3) is 0 Å². The van der Waals surface area contributed by atoms with Crippen LogP contribution < -0.4 is 10.6 Å².